The van der Waals surface area contributed by atoms with Crippen LogP contribution in [-0.4, -0.2) is 15.9 Å². The standard InChI is InChI=1S/C19H13ClF3N3O/c1-11-16(12-3-2-4-14(20)7-12)9-15(10-25-11)26-18(27)13-5-6-24-17(8-13)19(21,22)23/h2-10H,1H3,(H,26,27). The Labute approximate surface area is 158 Å². The van der Waals surface area contributed by atoms with Crippen molar-refractivity contribution in [3.05, 3.63) is 76.8 Å². The van der Waals surface area contributed by atoms with E-state index < -0.39 is 17.8 Å². The van der Waals surface area contributed by atoms with Crippen molar-refractivity contribution >= 4 is 23.2 Å². The zero-order valence-corrected chi connectivity index (χ0v) is 14.8. The fourth-order valence-electron chi connectivity index (χ4n) is 2.48. The van der Waals surface area contributed by atoms with Crippen LogP contribution in [0.15, 0.2) is 54.9 Å². The molecule has 0 spiro atoms. The van der Waals surface area contributed by atoms with Gasteiger partial charge >= 0.3 is 6.18 Å². The lowest BCUT2D eigenvalue weighted by molar-refractivity contribution is -0.141. The molecule has 27 heavy (non-hydrogen) atoms. The number of nitrogens with one attached hydrogen (secondary N) is 1. The highest BCUT2D eigenvalue weighted by atomic mass is 35.5. The number of pyridine rings is 2. The van der Waals surface area contributed by atoms with E-state index in [2.05, 4.69) is 15.3 Å². The minimum atomic E-state index is -4.62. The molecular formula is C19H13ClF3N3O. The summed E-state index contributed by atoms with van der Waals surface area (Å²) < 4.78 is 38.3. The van der Waals surface area contributed by atoms with Crippen molar-refractivity contribution in [1.82, 2.24) is 9.97 Å². The van der Waals surface area contributed by atoms with Crippen LogP contribution in [0.4, 0.5) is 18.9 Å². The van der Waals surface area contributed by atoms with E-state index >= 15 is 0 Å². The first-order valence-electron chi connectivity index (χ1n) is 7.81. The van der Waals surface area contributed by atoms with E-state index in [1.165, 1.54) is 12.3 Å². The Balaban J connectivity index is 1.88. The SMILES string of the molecule is Cc1ncc(NC(=O)c2ccnc(C(F)(F)F)c2)cc1-c1cccc(Cl)c1. The molecule has 0 unspecified atom stereocenters. The Bertz CT molecular complexity index is 1010. The van der Waals surface area contributed by atoms with E-state index in [1.54, 1.807) is 31.2 Å². The molecule has 1 amide bonds. The lowest BCUT2D eigenvalue weighted by atomic mass is 10.0. The number of alkyl halides is 3. The van der Waals surface area contributed by atoms with Crippen molar-refractivity contribution in [3.63, 3.8) is 0 Å². The van der Waals surface area contributed by atoms with Crippen LogP contribution in [-0.2, 0) is 6.18 Å². The maximum atomic E-state index is 12.8. The first-order valence-corrected chi connectivity index (χ1v) is 8.19. The van der Waals surface area contributed by atoms with Gasteiger partial charge in [0, 0.05) is 28.0 Å². The monoisotopic (exact) mass is 391 g/mol. The molecule has 1 aromatic carbocycles. The molecule has 0 bridgehead atoms. The van der Waals surface area contributed by atoms with Crippen molar-refractivity contribution in [2.75, 3.05) is 5.32 Å². The van der Waals surface area contributed by atoms with E-state index in [-0.39, 0.29) is 5.56 Å². The van der Waals surface area contributed by atoms with Crippen molar-refractivity contribution in [2.45, 2.75) is 13.1 Å². The summed E-state index contributed by atoms with van der Waals surface area (Å²) in [5, 5.41) is 3.11. The number of rotatable bonds is 3. The highest BCUT2D eigenvalue weighted by molar-refractivity contribution is 6.30. The topological polar surface area (TPSA) is 54.9 Å². The predicted molar refractivity (Wildman–Crippen MR) is 96.6 cm³/mol. The van der Waals surface area contributed by atoms with Gasteiger partial charge in [-0.3, -0.25) is 14.8 Å². The third kappa shape index (κ3) is 4.43. The molecule has 138 valence electrons. The summed E-state index contributed by atoms with van der Waals surface area (Å²) in [6, 6.07) is 10.7. The van der Waals surface area contributed by atoms with Crippen molar-refractivity contribution < 1.29 is 18.0 Å². The molecule has 0 fully saturated rings. The third-order valence-electron chi connectivity index (χ3n) is 3.79. The first-order chi connectivity index (χ1) is 12.7. The summed E-state index contributed by atoms with van der Waals surface area (Å²) in [4.78, 5) is 19.8. The second-order valence-corrected chi connectivity index (χ2v) is 6.19. The lowest BCUT2D eigenvalue weighted by Crippen LogP contribution is -2.15. The molecule has 4 nitrogen and oxygen atoms in total. The van der Waals surface area contributed by atoms with Gasteiger partial charge in [0.05, 0.1) is 11.9 Å². The van der Waals surface area contributed by atoms with E-state index in [0.29, 0.717) is 16.8 Å². The van der Waals surface area contributed by atoms with Crippen LogP contribution in [0.1, 0.15) is 21.7 Å². The average Bonchev–Trinajstić information content (AvgIpc) is 2.62. The molecule has 0 radical (unpaired) electrons. The molecule has 1 N–H and O–H groups in total. The number of aromatic nitrogens is 2. The fraction of sp³-hybridized carbons (Fsp3) is 0.105. The van der Waals surface area contributed by atoms with Crippen molar-refractivity contribution in [1.29, 1.82) is 0 Å². The quantitative estimate of drug-likeness (QED) is 0.652. The Morgan fingerprint density at radius 1 is 1.11 bits per heavy atom. The first kappa shape index (κ1) is 18.8. The number of carbonyl (C=O) groups excluding carboxylic acids is 1. The number of carbonyl (C=O) groups is 1. The third-order valence-corrected chi connectivity index (χ3v) is 4.03. The number of halogens is 4. The molecule has 0 aliphatic rings. The molecular weight excluding hydrogens is 379 g/mol. The molecule has 0 saturated heterocycles. The number of hydrogen-bond acceptors (Lipinski definition) is 3. The van der Waals surface area contributed by atoms with Gasteiger partial charge in [-0.05, 0) is 42.8 Å². The largest absolute Gasteiger partial charge is 0.433 e. The molecule has 3 aromatic rings. The van der Waals surface area contributed by atoms with Gasteiger partial charge in [-0.25, -0.2) is 0 Å². The molecule has 0 atom stereocenters. The number of anilines is 1. The minimum Gasteiger partial charge on any atom is -0.321 e. The highest BCUT2D eigenvalue weighted by Gasteiger charge is 2.32. The summed E-state index contributed by atoms with van der Waals surface area (Å²) in [5.74, 6) is -0.689. The van der Waals surface area contributed by atoms with E-state index in [0.717, 1.165) is 23.0 Å². The second-order valence-electron chi connectivity index (χ2n) is 5.75. The van der Waals surface area contributed by atoms with Crippen molar-refractivity contribution in [2.24, 2.45) is 0 Å². The molecule has 8 heteroatoms. The van der Waals surface area contributed by atoms with Crippen LogP contribution in [0.5, 0.6) is 0 Å². The van der Waals surface area contributed by atoms with Gasteiger partial charge in [-0.2, -0.15) is 13.2 Å². The Morgan fingerprint density at radius 3 is 2.59 bits per heavy atom. The summed E-state index contributed by atoms with van der Waals surface area (Å²) in [5.41, 5.74) is 1.36. The maximum Gasteiger partial charge on any atom is 0.433 e. The molecule has 2 heterocycles. The summed E-state index contributed by atoms with van der Waals surface area (Å²) >= 11 is 6.01. The Hall–Kier alpha value is -2.93. The van der Waals surface area contributed by atoms with Gasteiger partial charge in [-0.1, -0.05) is 23.7 Å². The molecule has 2 aromatic heterocycles. The van der Waals surface area contributed by atoms with E-state index in [9.17, 15) is 18.0 Å². The summed E-state index contributed by atoms with van der Waals surface area (Å²) in [6.07, 6.45) is -2.24. The van der Waals surface area contributed by atoms with Crippen LogP contribution in [0.2, 0.25) is 5.02 Å². The Morgan fingerprint density at radius 2 is 1.89 bits per heavy atom. The van der Waals surface area contributed by atoms with Gasteiger partial charge in [-0.15, -0.1) is 0 Å². The van der Waals surface area contributed by atoms with Gasteiger partial charge in [0.1, 0.15) is 5.69 Å². The van der Waals surface area contributed by atoms with Crippen LogP contribution >= 0.6 is 11.6 Å². The molecule has 3 rings (SSSR count). The molecule has 0 saturated carbocycles. The minimum absolute atomic E-state index is 0.151. The zero-order chi connectivity index (χ0) is 19.6. The highest BCUT2D eigenvalue weighted by Crippen LogP contribution is 2.29. The maximum absolute atomic E-state index is 12.8. The van der Waals surface area contributed by atoms with Crippen LogP contribution in [0.3, 0.4) is 0 Å². The average molecular weight is 392 g/mol. The number of amides is 1. The van der Waals surface area contributed by atoms with Crippen LogP contribution < -0.4 is 5.32 Å². The number of aryl methyl sites for hydroxylation is 1. The zero-order valence-electron chi connectivity index (χ0n) is 14.0. The number of nitrogens with zero attached hydrogens (tertiary/aromatic N) is 2. The van der Waals surface area contributed by atoms with Crippen LogP contribution in [0.25, 0.3) is 11.1 Å². The van der Waals surface area contributed by atoms with E-state index in [1.807, 2.05) is 6.07 Å². The summed E-state index contributed by atoms with van der Waals surface area (Å²) in [7, 11) is 0. The normalized spacial score (nSPS) is 11.3. The fourth-order valence-corrected chi connectivity index (χ4v) is 2.67. The molecule has 0 aliphatic heterocycles. The second kappa shape index (κ2) is 7.36. The molecule has 0 aliphatic carbocycles. The van der Waals surface area contributed by atoms with Gasteiger partial charge in [0.25, 0.3) is 5.91 Å². The predicted octanol–water partition coefficient (Wildman–Crippen LogP) is 5.38. The van der Waals surface area contributed by atoms with E-state index in [4.69, 9.17) is 11.6 Å². The lowest BCUT2D eigenvalue weighted by Gasteiger charge is -2.11. The van der Waals surface area contributed by atoms with Gasteiger partial charge in [0.15, 0.2) is 0 Å². The van der Waals surface area contributed by atoms with Gasteiger partial charge < -0.3 is 5.32 Å². The van der Waals surface area contributed by atoms with Crippen LogP contribution in [0, 0.1) is 6.92 Å². The number of hydrogen-bond donors (Lipinski definition) is 1. The van der Waals surface area contributed by atoms with Crippen molar-refractivity contribution in [3.8, 4) is 11.1 Å². The number of benzene rings is 1. The summed E-state index contributed by atoms with van der Waals surface area (Å²) in [6.45, 7) is 1.81. The Kier molecular flexibility index (Phi) is 5.14. The smallest absolute Gasteiger partial charge is 0.321 e. The van der Waals surface area contributed by atoms with Gasteiger partial charge in [0.2, 0.25) is 0 Å².